The van der Waals surface area contributed by atoms with Gasteiger partial charge in [-0.1, -0.05) is 84.1 Å². The summed E-state index contributed by atoms with van der Waals surface area (Å²) in [4.78, 5) is 20.1. The molecular weight excluding hydrogens is 683 g/mol. The Labute approximate surface area is 272 Å². The van der Waals surface area contributed by atoms with Crippen molar-refractivity contribution in [1.82, 2.24) is 4.57 Å². The fraction of sp³-hybridized carbons (Fsp3) is 0.167. The number of ether oxygens (including phenoxy) is 3. The summed E-state index contributed by atoms with van der Waals surface area (Å²) in [7, 11) is 3.31. The number of para-hydroxylation sites is 1. The van der Waals surface area contributed by atoms with Gasteiger partial charge in [-0.25, -0.2) is 4.99 Å². The molecular formula is C36H29IN2O4S. The van der Waals surface area contributed by atoms with Crippen LogP contribution in [0.2, 0.25) is 0 Å². The number of aromatic nitrogens is 1. The van der Waals surface area contributed by atoms with Crippen molar-refractivity contribution < 1.29 is 14.2 Å². The summed E-state index contributed by atoms with van der Waals surface area (Å²) in [5.41, 5.74) is 7.34. The molecule has 1 aromatic heterocycles. The highest BCUT2D eigenvalue weighted by molar-refractivity contribution is 14.1. The SMILES string of the molecule is COc1ccccc1[C@H]1C2=C(N=c3s/c(=C\c4cc(I)c(OCc5ccccc5)c(OC)c4)c(=O)n31)c1ccccc1CC2. The van der Waals surface area contributed by atoms with Crippen LogP contribution in [0.1, 0.15) is 40.3 Å². The minimum atomic E-state index is -0.309. The van der Waals surface area contributed by atoms with Crippen molar-refractivity contribution in [2.75, 3.05) is 14.2 Å². The molecule has 0 unspecified atom stereocenters. The van der Waals surface area contributed by atoms with Gasteiger partial charge in [-0.2, -0.15) is 0 Å². The Morgan fingerprint density at radius 3 is 2.50 bits per heavy atom. The summed E-state index contributed by atoms with van der Waals surface area (Å²) in [5.74, 6) is 2.05. The standard InChI is InChI=1S/C36H29IN2O4S/c1-41-29-15-9-8-14-26(29)33-27-17-16-24-12-6-7-13-25(24)32(27)38-36-39(33)35(40)31(44-36)20-23-18-28(37)34(30(19-23)42-2)43-21-22-10-4-3-5-11-22/h3-15,18-20,33H,16-17,21H2,1-2H3/b31-20-/t33-/m0/s1. The average molecular weight is 713 g/mol. The lowest BCUT2D eigenvalue weighted by molar-refractivity contribution is 0.282. The van der Waals surface area contributed by atoms with Gasteiger partial charge < -0.3 is 14.2 Å². The number of allylic oxidation sites excluding steroid dienone is 1. The van der Waals surface area contributed by atoms with Gasteiger partial charge >= 0.3 is 0 Å². The molecule has 0 amide bonds. The number of aryl methyl sites for hydroxylation is 1. The molecule has 1 atom stereocenters. The average Bonchev–Trinajstić information content (AvgIpc) is 3.37. The normalized spacial score (nSPS) is 15.6. The first-order valence-corrected chi connectivity index (χ1v) is 16.3. The first-order valence-electron chi connectivity index (χ1n) is 14.4. The highest BCUT2D eigenvalue weighted by Crippen LogP contribution is 2.43. The van der Waals surface area contributed by atoms with Gasteiger partial charge in [0.05, 0.1) is 34.1 Å². The highest BCUT2D eigenvalue weighted by atomic mass is 127. The number of methoxy groups -OCH3 is 2. The second-order valence-electron chi connectivity index (χ2n) is 10.7. The summed E-state index contributed by atoms with van der Waals surface area (Å²) >= 11 is 3.67. The number of hydrogen-bond acceptors (Lipinski definition) is 6. The van der Waals surface area contributed by atoms with E-state index in [0.717, 1.165) is 55.7 Å². The minimum absolute atomic E-state index is 0.0755. The van der Waals surface area contributed by atoms with Crippen LogP contribution in [0.4, 0.5) is 0 Å². The Balaban J connectivity index is 1.36. The van der Waals surface area contributed by atoms with Crippen LogP contribution in [0.25, 0.3) is 11.8 Å². The van der Waals surface area contributed by atoms with Gasteiger partial charge in [0.25, 0.3) is 5.56 Å². The molecule has 1 aliphatic carbocycles. The van der Waals surface area contributed by atoms with E-state index >= 15 is 0 Å². The van der Waals surface area contributed by atoms with E-state index in [0.29, 0.717) is 27.4 Å². The predicted molar refractivity (Wildman–Crippen MR) is 182 cm³/mol. The monoisotopic (exact) mass is 712 g/mol. The van der Waals surface area contributed by atoms with Gasteiger partial charge in [-0.05, 0) is 82.0 Å². The van der Waals surface area contributed by atoms with E-state index in [1.54, 1.807) is 14.2 Å². The molecule has 8 heteroatoms. The second-order valence-corrected chi connectivity index (χ2v) is 12.8. The molecule has 0 saturated heterocycles. The van der Waals surface area contributed by atoms with Gasteiger partial charge in [0.2, 0.25) is 0 Å². The molecule has 0 spiro atoms. The number of hydrogen-bond donors (Lipinski definition) is 0. The maximum Gasteiger partial charge on any atom is 0.271 e. The maximum absolute atomic E-state index is 14.2. The number of halogens is 1. The van der Waals surface area contributed by atoms with Crippen LogP contribution in [0.5, 0.6) is 17.2 Å². The fourth-order valence-corrected chi connectivity index (χ4v) is 7.82. The van der Waals surface area contributed by atoms with E-state index in [1.807, 2.05) is 71.3 Å². The van der Waals surface area contributed by atoms with E-state index in [2.05, 4.69) is 52.9 Å². The molecule has 0 N–H and O–H groups in total. The Morgan fingerprint density at radius 2 is 1.68 bits per heavy atom. The molecule has 7 rings (SSSR count). The number of fused-ring (bicyclic) bond motifs is 3. The molecule has 0 saturated carbocycles. The number of thiazole rings is 1. The quantitative estimate of drug-likeness (QED) is 0.181. The first-order chi connectivity index (χ1) is 21.6. The first kappa shape index (κ1) is 28.6. The Hall–Kier alpha value is -4.15. The summed E-state index contributed by atoms with van der Waals surface area (Å²) in [5, 5.41) is 0. The van der Waals surface area contributed by atoms with Crippen LogP contribution < -0.4 is 29.1 Å². The lowest BCUT2D eigenvalue weighted by atomic mass is 9.83. The highest BCUT2D eigenvalue weighted by Gasteiger charge is 2.34. The molecule has 5 aromatic rings. The largest absolute Gasteiger partial charge is 0.496 e. The lowest BCUT2D eigenvalue weighted by Crippen LogP contribution is -2.39. The van der Waals surface area contributed by atoms with Crippen LogP contribution in [-0.2, 0) is 13.0 Å². The predicted octanol–water partition coefficient (Wildman–Crippen LogP) is 6.52. The molecule has 0 bridgehead atoms. The third-order valence-corrected chi connectivity index (χ3v) is 9.87. The summed E-state index contributed by atoms with van der Waals surface area (Å²) in [6.07, 6.45) is 3.64. The molecule has 44 heavy (non-hydrogen) atoms. The van der Waals surface area contributed by atoms with Crippen molar-refractivity contribution in [3.05, 3.63) is 148 Å². The Kier molecular flexibility index (Phi) is 7.86. The minimum Gasteiger partial charge on any atom is -0.496 e. The molecule has 220 valence electrons. The topological polar surface area (TPSA) is 62.0 Å². The van der Waals surface area contributed by atoms with Gasteiger partial charge in [-0.15, -0.1) is 0 Å². The number of benzene rings is 4. The van der Waals surface area contributed by atoms with Crippen molar-refractivity contribution in [2.45, 2.75) is 25.5 Å². The molecule has 6 nitrogen and oxygen atoms in total. The van der Waals surface area contributed by atoms with Crippen LogP contribution in [0.15, 0.2) is 106 Å². The lowest BCUT2D eigenvalue weighted by Gasteiger charge is -2.31. The summed E-state index contributed by atoms with van der Waals surface area (Å²) < 4.78 is 21.1. The van der Waals surface area contributed by atoms with Crippen molar-refractivity contribution in [3.8, 4) is 17.2 Å². The third kappa shape index (κ3) is 5.16. The molecule has 0 radical (unpaired) electrons. The fourth-order valence-electron chi connectivity index (χ4n) is 6.04. The maximum atomic E-state index is 14.2. The van der Waals surface area contributed by atoms with E-state index in [1.165, 1.54) is 16.9 Å². The van der Waals surface area contributed by atoms with Crippen molar-refractivity contribution in [2.24, 2.45) is 4.99 Å². The third-order valence-electron chi connectivity index (χ3n) is 8.08. The van der Waals surface area contributed by atoms with Crippen molar-refractivity contribution in [3.63, 3.8) is 0 Å². The van der Waals surface area contributed by atoms with Crippen molar-refractivity contribution in [1.29, 1.82) is 0 Å². The second kappa shape index (κ2) is 12.1. The summed E-state index contributed by atoms with van der Waals surface area (Å²) in [6, 6.07) is 30.1. The van der Waals surface area contributed by atoms with Crippen LogP contribution in [0, 0.1) is 3.57 Å². The Bertz CT molecular complexity index is 2100. The van der Waals surface area contributed by atoms with Gasteiger partial charge in [-0.3, -0.25) is 9.36 Å². The Morgan fingerprint density at radius 1 is 0.932 bits per heavy atom. The van der Waals surface area contributed by atoms with E-state index in [4.69, 9.17) is 19.2 Å². The van der Waals surface area contributed by atoms with Crippen LogP contribution in [-0.4, -0.2) is 18.8 Å². The zero-order valence-corrected chi connectivity index (χ0v) is 27.2. The molecule has 1 aliphatic heterocycles. The van der Waals surface area contributed by atoms with Gasteiger partial charge in [0.1, 0.15) is 12.4 Å². The molecule has 2 aliphatic rings. The van der Waals surface area contributed by atoms with Gasteiger partial charge in [0.15, 0.2) is 16.3 Å². The van der Waals surface area contributed by atoms with Crippen LogP contribution in [0.3, 0.4) is 0 Å². The molecule has 0 fully saturated rings. The number of rotatable bonds is 7. The summed E-state index contributed by atoms with van der Waals surface area (Å²) in [6.45, 7) is 0.432. The zero-order chi connectivity index (χ0) is 30.2. The van der Waals surface area contributed by atoms with E-state index in [-0.39, 0.29) is 11.6 Å². The van der Waals surface area contributed by atoms with Crippen LogP contribution >= 0.6 is 33.9 Å². The van der Waals surface area contributed by atoms with Crippen molar-refractivity contribution >= 4 is 45.7 Å². The van der Waals surface area contributed by atoms with E-state index in [9.17, 15) is 4.79 Å². The number of nitrogens with zero attached hydrogens (tertiary/aromatic N) is 2. The smallest absolute Gasteiger partial charge is 0.271 e. The zero-order valence-electron chi connectivity index (χ0n) is 24.2. The molecule has 4 aromatic carbocycles. The van der Waals surface area contributed by atoms with Gasteiger partial charge in [0, 0.05) is 11.1 Å². The molecule has 2 heterocycles. The van der Waals surface area contributed by atoms with E-state index < -0.39 is 0 Å².